The van der Waals surface area contributed by atoms with E-state index in [1.807, 2.05) is 37.3 Å². The molecule has 3 rings (SSSR count). The van der Waals surface area contributed by atoms with E-state index >= 15 is 0 Å². The Bertz CT molecular complexity index is 1060. The first kappa shape index (κ1) is 22.5. The second-order valence-electron chi connectivity index (χ2n) is 6.50. The van der Waals surface area contributed by atoms with Crippen molar-refractivity contribution in [2.24, 2.45) is 0 Å². The summed E-state index contributed by atoms with van der Waals surface area (Å²) in [5.41, 5.74) is 2.57. The number of methoxy groups -OCH3 is 1. The Balaban J connectivity index is 1.72. The molecule has 2 N–H and O–H groups in total. The minimum atomic E-state index is -0.446. The van der Waals surface area contributed by atoms with Gasteiger partial charge in [-0.05, 0) is 54.5 Å². The van der Waals surface area contributed by atoms with E-state index in [9.17, 15) is 9.59 Å². The molecule has 8 heteroatoms. The Morgan fingerprint density at radius 3 is 2.35 bits per heavy atom. The lowest BCUT2D eigenvalue weighted by Gasteiger charge is -2.11. The van der Waals surface area contributed by atoms with Crippen LogP contribution in [-0.2, 0) is 9.47 Å². The molecule has 0 saturated carbocycles. The van der Waals surface area contributed by atoms with Crippen LogP contribution in [0.1, 0.15) is 34.1 Å². The first-order chi connectivity index (χ1) is 15.0. The fraction of sp³-hybridized carbons (Fsp3) is 0.174. The summed E-state index contributed by atoms with van der Waals surface area (Å²) in [5.74, 6) is -0.803. The van der Waals surface area contributed by atoms with Crippen LogP contribution in [0, 0.1) is 0 Å². The largest absolute Gasteiger partial charge is 0.465 e. The molecule has 1 heterocycles. The second-order valence-corrected chi connectivity index (χ2v) is 7.96. The Morgan fingerprint density at radius 2 is 1.71 bits per heavy atom. The molecule has 0 unspecified atom stereocenters. The lowest BCUT2D eigenvalue weighted by Crippen LogP contribution is -2.20. The first-order valence-corrected chi connectivity index (χ1v) is 10.9. The van der Waals surface area contributed by atoms with Crippen LogP contribution in [0.2, 0.25) is 0 Å². The van der Waals surface area contributed by atoms with Crippen LogP contribution in [0.25, 0.3) is 10.4 Å². The summed E-state index contributed by atoms with van der Waals surface area (Å²) in [6.45, 7) is 2.33. The molecule has 0 amide bonds. The van der Waals surface area contributed by atoms with E-state index in [4.69, 9.17) is 21.7 Å². The second kappa shape index (κ2) is 10.7. The maximum atomic E-state index is 12.2. The molecule has 0 radical (unpaired) electrons. The predicted molar refractivity (Wildman–Crippen MR) is 128 cm³/mol. The average molecular weight is 455 g/mol. The number of hydrogen-bond acceptors (Lipinski definition) is 6. The normalized spacial score (nSPS) is 10.3. The summed E-state index contributed by atoms with van der Waals surface area (Å²) in [6.07, 6.45) is 0.771. The van der Waals surface area contributed by atoms with Crippen molar-refractivity contribution < 1.29 is 19.1 Å². The van der Waals surface area contributed by atoms with Crippen LogP contribution in [0.4, 0.5) is 10.7 Å². The Labute approximate surface area is 190 Å². The summed E-state index contributed by atoms with van der Waals surface area (Å²) in [7, 11) is 1.34. The maximum Gasteiger partial charge on any atom is 0.340 e. The van der Waals surface area contributed by atoms with Crippen LogP contribution in [0.3, 0.4) is 0 Å². The summed E-state index contributed by atoms with van der Waals surface area (Å²) >= 11 is 6.82. The van der Waals surface area contributed by atoms with E-state index < -0.39 is 5.97 Å². The Kier molecular flexibility index (Phi) is 7.75. The fourth-order valence-electron chi connectivity index (χ4n) is 2.72. The van der Waals surface area contributed by atoms with Crippen molar-refractivity contribution in [2.75, 3.05) is 24.4 Å². The van der Waals surface area contributed by atoms with Crippen molar-refractivity contribution in [3.63, 3.8) is 0 Å². The lowest BCUT2D eigenvalue weighted by atomic mass is 10.1. The van der Waals surface area contributed by atoms with Crippen molar-refractivity contribution in [1.29, 1.82) is 0 Å². The molecular weight excluding hydrogens is 432 g/mol. The van der Waals surface area contributed by atoms with E-state index in [0.29, 0.717) is 33.5 Å². The number of hydrogen-bond donors (Lipinski definition) is 2. The van der Waals surface area contributed by atoms with Gasteiger partial charge in [-0.15, -0.1) is 11.3 Å². The third kappa shape index (κ3) is 5.90. The molecule has 2 aromatic carbocycles. The zero-order chi connectivity index (χ0) is 22.2. The Morgan fingerprint density at radius 1 is 1.00 bits per heavy atom. The van der Waals surface area contributed by atoms with Crippen molar-refractivity contribution in [3.8, 4) is 10.4 Å². The number of thiophene rings is 1. The summed E-state index contributed by atoms with van der Waals surface area (Å²) in [5, 5.41) is 7.03. The van der Waals surface area contributed by atoms with E-state index in [0.717, 1.165) is 16.9 Å². The summed E-state index contributed by atoms with van der Waals surface area (Å²) in [4.78, 5) is 25.1. The van der Waals surface area contributed by atoms with Crippen molar-refractivity contribution in [2.45, 2.75) is 13.3 Å². The number of benzene rings is 2. The SMILES string of the molecule is CCCOC(=O)c1ccc(NC(=S)Nc2sc(-c3ccccc3)cc2C(=O)OC)cc1. The van der Waals surface area contributed by atoms with E-state index in [1.165, 1.54) is 18.4 Å². The number of carbonyl (C=O) groups is 2. The molecule has 31 heavy (non-hydrogen) atoms. The highest BCUT2D eigenvalue weighted by Crippen LogP contribution is 2.36. The minimum absolute atomic E-state index is 0.313. The van der Waals surface area contributed by atoms with Crippen molar-refractivity contribution >= 4 is 51.3 Å². The van der Waals surface area contributed by atoms with Gasteiger partial charge >= 0.3 is 11.9 Å². The van der Waals surface area contributed by atoms with Gasteiger partial charge in [0, 0.05) is 10.6 Å². The van der Waals surface area contributed by atoms with Gasteiger partial charge in [0.05, 0.1) is 24.8 Å². The molecule has 0 atom stereocenters. The fourth-order valence-corrected chi connectivity index (χ4v) is 4.06. The highest BCUT2D eigenvalue weighted by Gasteiger charge is 2.18. The van der Waals surface area contributed by atoms with Crippen LogP contribution >= 0.6 is 23.6 Å². The minimum Gasteiger partial charge on any atom is -0.465 e. The van der Waals surface area contributed by atoms with Gasteiger partial charge in [0.15, 0.2) is 5.11 Å². The number of rotatable bonds is 7. The molecule has 0 saturated heterocycles. The maximum absolute atomic E-state index is 12.2. The molecule has 6 nitrogen and oxygen atoms in total. The number of ether oxygens (including phenoxy) is 2. The Hall–Kier alpha value is -3.23. The topological polar surface area (TPSA) is 76.7 Å². The third-order valence-corrected chi connectivity index (χ3v) is 5.54. The van der Waals surface area contributed by atoms with Gasteiger partial charge in [0.25, 0.3) is 0 Å². The molecule has 0 aliphatic rings. The van der Waals surface area contributed by atoms with E-state index in [2.05, 4.69) is 10.6 Å². The summed E-state index contributed by atoms with van der Waals surface area (Å²) in [6, 6.07) is 18.4. The van der Waals surface area contributed by atoms with Crippen LogP contribution in [0.5, 0.6) is 0 Å². The highest BCUT2D eigenvalue weighted by atomic mass is 32.1. The van der Waals surface area contributed by atoms with Gasteiger partial charge < -0.3 is 20.1 Å². The zero-order valence-electron chi connectivity index (χ0n) is 17.1. The molecular formula is C23H22N2O4S2. The predicted octanol–water partition coefficient (Wildman–Crippen LogP) is 5.58. The molecule has 0 fully saturated rings. The van der Waals surface area contributed by atoms with Gasteiger partial charge in [-0.3, -0.25) is 0 Å². The number of anilines is 2. The van der Waals surface area contributed by atoms with Crippen molar-refractivity contribution in [3.05, 3.63) is 71.8 Å². The van der Waals surface area contributed by atoms with Crippen LogP contribution in [-0.4, -0.2) is 30.8 Å². The number of esters is 2. The van der Waals surface area contributed by atoms with Gasteiger partial charge in [0.2, 0.25) is 0 Å². The zero-order valence-corrected chi connectivity index (χ0v) is 18.8. The smallest absolute Gasteiger partial charge is 0.340 e. The molecule has 0 bridgehead atoms. The molecule has 1 aromatic heterocycles. The standard InChI is InChI=1S/C23H22N2O4S2/c1-3-13-29-21(26)16-9-11-17(12-10-16)24-23(30)25-20-18(22(27)28-2)14-19(31-20)15-7-5-4-6-8-15/h4-12,14H,3,13H2,1-2H3,(H2,24,25,30). The lowest BCUT2D eigenvalue weighted by molar-refractivity contribution is 0.0504. The number of thiocarbonyl (C=S) groups is 1. The number of nitrogens with one attached hydrogen (secondary N) is 2. The van der Waals surface area contributed by atoms with Crippen LogP contribution < -0.4 is 10.6 Å². The van der Waals surface area contributed by atoms with E-state index in [-0.39, 0.29) is 5.97 Å². The molecule has 0 spiro atoms. The average Bonchev–Trinajstić information content (AvgIpc) is 3.21. The van der Waals surface area contributed by atoms with Crippen LogP contribution in [0.15, 0.2) is 60.7 Å². The molecule has 160 valence electrons. The van der Waals surface area contributed by atoms with Gasteiger partial charge in [-0.1, -0.05) is 37.3 Å². The molecule has 0 aliphatic carbocycles. The number of carbonyl (C=O) groups excluding carboxylic acids is 2. The van der Waals surface area contributed by atoms with Gasteiger partial charge in [-0.2, -0.15) is 0 Å². The quantitative estimate of drug-likeness (QED) is 0.357. The van der Waals surface area contributed by atoms with E-state index in [1.54, 1.807) is 30.3 Å². The monoisotopic (exact) mass is 454 g/mol. The summed E-state index contributed by atoms with van der Waals surface area (Å²) < 4.78 is 10.0. The third-order valence-electron chi connectivity index (χ3n) is 4.24. The van der Waals surface area contributed by atoms with Crippen molar-refractivity contribution in [1.82, 2.24) is 0 Å². The highest BCUT2D eigenvalue weighted by molar-refractivity contribution is 7.80. The first-order valence-electron chi connectivity index (χ1n) is 9.64. The van der Waals surface area contributed by atoms with Gasteiger partial charge in [-0.25, -0.2) is 9.59 Å². The molecule has 3 aromatic rings. The molecule has 0 aliphatic heterocycles. The van der Waals surface area contributed by atoms with Gasteiger partial charge in [0.1, 0.15) is 5.00 Å².